The highest BCUT2D eigenvalue weighted by Gasteiger charge is 2.30. The van der Waals surface area contributed by atoms with Crippen molar-refractivity contribution >= 4 is 17.6 Å². The number of benzene rings is 1. The summed E-state index contributed by atoms with van der Waals surface area (Å²) in [4.78, 5) is 11.9. The summed E-state index contributed by atoms with van der Waals surface area (Å²) in [6.45, 7) is 3.03. The van der Waals surface area contributed by atoms with Gasteiger partial charge in [0.1, 0.15) is 12.4 Å². The minimum absolute atomic E-state index is 0.137. The molecule has 0 aliphatic carbocycles. The summed E-state index contributed by atoms with van der Waals surface area (Å²) in [6, 6.07) is 7.72. The predicted molar refractivity (Wildman–Crippen MR) is 86.5 cm³/mol. The van der Waals surface area contributed by atoms with Gasteiger partial charge in [0.2, 0.25) is 0 Å². The molecule has 3 unspecified atom stereocenters. The Morgan fingerprint density at radius 3 is 2.96 bits per heavy atom. The van der Waals surface area contributed by atoms with Crippen LogP contribution in [0.3, 0.4) is 0 Å². The lowest BCUT2D eigenvalue weighted by molar-refractivity contribution is -0.155. The molecular weight excluding hydrogens is 320 g/mol. The van der Waals surface area contributed by atoms with Crippen LogP contribution in [0.1, 0.15) is 25.3 Å². The predicted octanol–water partition coefficient (Wildman–Crippen LogP) is 3.14. The van der Waals surface area contributed by atoms with Gasteiger partial charge < -0.3 is 18.9 Å². The van der Waals surface area contributed by atoms with E-state index in [0.29, 0.717) is 32.7 Å². The Kier molecular flexibility index (Phi) is 7.15. The van der Waals surface area contributed by atoms with Gasteiger partial charge in [0.25, 0.3) is 0 Å². The molecule has 3 atom stereocenters. The number of alkyl halides is 1. The minimum Gasteiger partial charge on any atom is -0.491 e. The number of hydrogen-bond acceptors (Lipinski definition) is 5. The molecule has 0 spiro atoms. The fourth-order valence-corrected chi connectivity index (χ4v) is 2.66. The van der Waals surface area contributed by atoms with E-state index in [4.69, 9.17) is 30.5 Å². The van der Waals surface area contributed by atoms with Crippen molar-refractivity contribution in [3.05, 3.63) is 29.8 Å². The molecule has 0 amide bonds. The maximum Gasteiger partial charge on any atom is 0.310 e. The number of methoxy groups -OCH3 is 1. The maximum absolute atomic E-state index is 11.9. The molecule has 1 heterocycles. The third-order valence-electron chi connectivity index (χ3n) is 3.68. The minimum atomic E-state index is -0.610. The molecule has 0 saturated carbocycles. The molecule has 1 aromatic rings. The number of rotatable bonds is 7. The average Bonchev–Trinajstić information content (AvgIpc) is 2.54. The number of hydrogen-bond donors (Lipinski definition) is 0. The first-order valence-electron chi connectivity index (χ1n) is 7.76. The molecule has 1 aliphatic heterocycles. The second kappa shape index (κ2) is 9.11. The number of carbonyl (C=O) groups excluding carboxylic acids is 1. The average molecular weight is 343 g/mol. The zero-order chi connectivity index (χ0) is 16.7. The fraction of sp³-hybridized carbons (Fsp3) is 0.588. The standard InChI is InChI=1S/C17H23ClO5/c1-12(18)23-17(19)13-7-8-21-15(9-13)11-22-16-6-4-3-5-14(16)10-20-2/h3-6,12-13,15H,7-11H2,1-2H3. The molecule has 1 fully saturated rings. The second-order valence-corrected chi connectivity index (χ2v) is 6.16. The Bertz CT molecular complexity index is 506. The quantitative estimate of drug-likeness (QED) is 0.563. The van der Waals surface area contributed by atoms with E-state index in [1.807, 2.05) is 24.3 Å². The van der Waals surface area contributed by atoms with E-state index in [2.05, 4.69) is 0 Å². The van der Waals surface area contributed by atoms with Crippen LogP contribution in [-0.2, 0) is 25.6 Å². The largest absolute Gasteiger partial charge is 0.491 e. The van der Waals surface area contributed by atoms with Gasteiger partial charge in [-0.15, -0.1) is 0 Å². The van der Waals surface area contributed by atoms with Crippen LogP contribution in [0.25, 0.3) is 0 Å². The van der Waals surface area contributed by atoms with Crippen molar-refractivity contribution in [1.29, 1.82) is 0 Å². The smallest absolute Gasteiger partial charge is 0.310 e. The van der Waals surface area contributed by atoms with Crippen molar-refractivity contribution in [1.82, 2.24) is 0 Å². The van der Waals surface area contributed by atoms with Crippen LogP contribution in [-0.4, -0.2) is 38.0 Å². The van der Waals surface area contributed by atoms with Crippen LogP contribution in [0.4, 0.5) is 0 Å². The van der Waals surface area contributed by atoms with E-state index in [1.54, 1.807) is 14.0 Å². The highest BCUT2D eigenvalue weighted by atomic mass is 35.5. The number of esters is 1. The van der Waals surface area contributed by atoms with Crippen molar-refractivity contribution in [3.8, 4) is 5.75 Å². The number of halogens is 1. The fourth-order valence-electron chi connectivity index (χ4n) is 2.57. The molecule has 5 nitrogen and oxygen atoms in total. The molecule has 6 heteroatoms. The van der Waals surface area contributed by atoms with E-state index in [9.17, 15) is 4.79 Å². The highest BCUT2D eigenvalue weighted by Crippen LogP contribution is 2.24. The van der Waals surface area contributed by atoms with Crippen LogP contribution in [0.2, 0.25) is 0 Å². The van der Waals surface area contributed by atoms with E-state index in [1.165, 1.54) is 0 Å². The Balaban J connectivity index is 1.87. The van der Waals surface area contributed by atoms with Crippen LogP contribution >= 0.6 is 11.6 Å². The maximum atomic E-state index is 11.9. The van der Waals surface area contributed by atoms with Crippen LogP contribution < -0.4 is 4.74 Å². The normalized spacial score (nSPS) is 22.4. The van der Waals surface area contributed by atoms with Gasteiger partial charge in [-0.2, -0.15) is 0 Å². The summed E-state index contributed by atoms with van der Waals surface area (Å²) >= 11 is 5.71. The lowest BCUT2D eigenvalue weighted by Crippen LogP contribution is -2.35. The van der Waals surface area contributed by atoms with Crippen molar-refractivity contribution in [2.75, 3.05) is 20.3 Å². The van der Waals surface area contributed by atoms with E-state index < -0.39 is 5.56 Å². The third kappa shape index (κ3) is 5.68. The van der Waals surface area contributed by atoms with E-state index >= 15 is 0 Å². The van der Waals surface area contributed by atoms with Crippen molar-refractivity contribution in [3.63, 3.8) is 0 Å². The molecule has 0 N–H and O–H groups in total. The summed E-state index contributed by atoms with van der Waals surface area (Å²) in [5.41, 5.74) is 0.374. The van der Waals surface area contributed by atoms with E-state index in [0.717, 1.165) is 11.3 Å². The Hall–Kier alpha value is -1.30. The van der Waals surface area contributed by atoms with Crippen LogP contribution in [0.5, 0.6) is 5.75 Å². The zero-order valence-corrected chi connectivity index (χ0v) is 14.3. The molecule has 1 saturated heterocycles. The Morgan fingerprint density at radius 1 is 1.43 bits per heavy atom. The molecular formula is C17H23ClO5. The number of para-hydroxylation sites is 1. The van der Waals surface area contributed by atoms with Crippen molar-refractivity contribution in [2.45, 2.75) is 38.0 Å². The summed E-state index contributed by atoms with van der Waals surface area (Å²) in [5, 5.41) is 0. The highest BCUT2D eigenvalue weighted by molar-refractivity contribution is 6.19. The second-order valence-electron chi connectivity index (χ2n) is 5.55. The van der Waals surface area contributed by atoms with Crippen LogP contribution in [0, 0.1) is 5.92 Å². The molecule has 0 bridgehead atoms. The van der Waals surface area contributed by atoms with Gasteiger partial charge in [-0.25, -0.2) is 0 Å². The van der Waals surface area contributed by atoms with Crippen LogP contribution in [0.15, 0.2) is 24.3 Å². The number of carbonyl (C=O) groups is 1. The molecule has 1 aliphatic rings. The SMILES string of the molecule is COCc1ccccc1OCC1CC(C(=O)OC(C)Cl)CCO1. The van der Waals surface area contributed by atoms with Gasteiger partial charge in [-0.05, 0) is 25.8 Å². The molecule has 0 aromatic heterocycles. The van der Waals surface area contributed by atoms with Gasteiger partial charge in [0.05, 0.1) is 18.6 Å². The molecule has 23 heavy (non-hydrogen) atoms. The Labute approximate surface area is 141 Å². The van der Waals surface area contributed by atoms with Gasteiger partial charge in [0.15, 0.2) is 5.56 Å². The van der Waals surface area contributed by atoms with E-state index in [-0.39, 0.29) is 18.0 Å². The third-order valence-corrected chi connectivity index (χ3v) is 3.77. The molecule has 2 rings (SSSR count). The Morgan fingerprint density at radius 2 is 2.22 bits per heavy atom. The zero-order valence-electron chi connectivity index (χ0n) is 13.5. The first-order valence-corrected chi connectivity index (χ1v) is 8.19. The summed E-state index contributed by atoms with van der Waals surface area (Å²) < 4.78 is 21.8. The monoisotopic (exact) mass is 342 g/mol. The first kappa shape index (κ1) is 18.0. The molecule has 1 aromatic carbocycles. The first-order chi connectivity index (χ1) is 11.1. The lowest BCUT2D eigenvalue weighted by atomic mass is 9.96. The van der Waals surface area contributed by atoms with Gasteiger partial charge in [-0.1, -0.05) is 29.8 Å². The lowest BCUT2D eigenvalue weighted by Gasteiger charge is -2.28. The van der Waals surface area contributed by atoms with Gasteiger partial charge >= 0.3 is 5.97 Å². The van der Waals surface area contributed by atoms with Gasteiger partial charge in [-0.3, -0.25) is 4.79 Å². The molecule has 0 radical (unpaired) electrons. The topological polar surface area (TPSA) is 54.0 Å². The summed E-state index contributed by atoms with van der Waals surface area (Å²) in [7, 11) is 1.65. The summed E-state index contributed by atoms with van der Waals surface area (Å²) in [5.74, 6) is 0.324. The van der Waals surface area contributed by atoms with Crippen molar-refractivity contribution < 1.29 is 23.7 Å². The van der Waals surface area contributed by atoms with Crippen molar-refractivity contribution in [2.24, 2.45) is 5.92 Å². The molecule has 128 valence electrons. The summed E-state index contributed by atoms with van der Waals surface area (Å²) in [6.07, 6.45) is 1.09. The number of ether oxygens (including phenoxy) is 4. The van der Waals surface area contributed by atoms with Gasteiger partial charge in [0, 0.05) is 19.3 Å².